The molecule has 1 unspecified atom stereocenters. The van der Waals surface area contributed by atoms with Gasteiger partial charge in [0.2, 0.25) is 10.0 Å². The summed E-state index contributed by atoms with van der Waals surface area (Å²) in [4.78, 5) is 13.9. The lowest BCUT2D eigenvalue weighted by Crippen LogP contribution is -2.40. The predicted octanol–water partition coefficient (Wildman–Crippen LogP) is 3.65. The van der Waals surface area contributed by atoms with Gasteiger partial charge in [0.25, 0.3) is 5.69 Å². The number of nitro benzene ring substituents is 1. The first-order valence-electron chi connectivity index (χ1n) is 9.25. The molecule has 0 radical (unpaired) electrons. The van der Waals surface area contributed by atoms with Crippen LogP contribution in [-0.4, -0.2) is 43.9 Å². The highest BCUT2D eigenvalue weighted by Crippen LogP contribution is 2.36. The number of rotatable bonds is 8. The molecule has 1 aliphatic heterocycles. The summed E-state index contributed by atoms with van der Waals surface area (Å²) < 4.78 is 41.0. The molecule has 1 saturated heterocycles. The maximum absolute atomic E-state index is 13.1. The topological polar surface area (TPSA) is 92.6 Å². The van der Waals surface area contributed by atoms with E-state index in [9.17, 15) is 22.9 Å². The van der Waals surface area contributed by atoms with E-state index in [2.05, 4.69) is 9.62 Å². The van der Waals surface area contributed by atoms with Crippen LogP contribution in [0.3, 0.4) is 0 Å². The summed E-state index contributed by atoms with van der Waals surface area (Å²) in [6.45, 7) is 4.11. The fraction of sp³-hybridized carbons (Fsp3) is 0.368. The van der Waals surface area contributed by atoms with Gasteiger partial charge in [-0.25, -0.2) is 17.5 Å². The van der Waals surface area contributed by atoms with E-state index >= 15 is 0 Å². The fourth-order valence-corrected chi connectivity index (χ4v) is 5.35. The predicted molar refractivity (Wildman–Crippen MR) is 109 cm³/mol. The molecule has 156 valence electrons. The van der Waals surface area contributed by atoms with Gasteiger partial charge in [0, 0.05) is 23.5 Å². The van der Waals surface area contributed by atoms with Crippen LogP contribution in [0.25, 0.3) is 0 Å². The molecule has 1 heterocycles. The van der Waals surface area contributed by atoms with E-state index in [1.165, 1.54) is 36.4 Å². The van der Waals surface area contributed by atoms with Crippen LogP contribution in [-0.2, 0) is 10.0 Å². The van der Waals surface area contributed by atoms with Gasteiger partial charge in [0.1, 0.15) is 5.82 Å². The minimum absolute atomic E-state index is 0.137. The molecule has 1 fully saturated rings. The molecule has 2 aromatic rings. The zero-order valence-corrected chi connectivity index (χ0v) is 17.5. The van der Waals surface area contributed by atoms with Gasteiger partial charge in [0.05, 0.1) is 14.7 Å². The van der Waals surface area contributed by atoms with Gasteiger partial charge in [-0.05, 0) is 62.3 Å². The molecule has 0 saturated carbocycles. The highest BCUT2D eigenvalue weighted by atomic mass is 32.2. The highest BCUT2D eigenvalue weighted by Gasteiger charge is 2.26. The number of nitrogens with one attached hydrogen (secondary N) is 1. The summed E-state index contributed by atoms with van der Waals surface area (Å²) in [7, 11) is -3.87. The van der Waals surface area contributed by atoms with Gasteiger partial charge in [-0.1, -0.05) is 18.7 Å². The Labute approximate surface area is 173 Å². The Bertz CT molecular complexity index is 983. The molecular weight excluding hydrogens is 417 g/mol. The standard InChI is InChI=1S/C19H22FN3O4S2/c1-2-22-11-3-4-15(22)13-21-29(26,27)17-9-10-19(18(12-17)23(24)25)28-16-7-5-14(20)6-8-16/h5-10,12,15,21H,2-4,11,13H2,1H3. The van der Waals surface area contributed by atoms with Crippen LogP contribution in [0.15, 0.2) is 57.2 Å². The van der Waals surface area contributed by atoms with Crippen LogP contribution < -0.4 is 4.72 Å². The molecule has 0 bridgehead atoms. The Morgan fingerprint density at radius 2 is 2.00 bits per heavy atom. The average Bonchev–Trinajstić information content (AvgIpc) is 3.16. The van der Waals surface area contributed by atoms with Gasteiger partial charge in [-0.3, -0.25) is 15.0 Å². The molecule has 0 aliphatic carbocycles. The highest BCUT2D eigenvalue weighted by molar-refractivity contribution is 7.99. The number of likely N-dealkylation sites (tertiary alicyclic amines) is 1. The van der Waals surface area contributed by atoms with Crippen molar-refractivity contribution in [1.82, 2.24) is 9.62 Å². The molecule has 0 spiro atoms. The molecule has 7 nitrogen and oxygen atoms in total. The quantitative estimate of drug-likeness (QED) is 0.499. The van der Waals surface area contributed by atoms with Gasteiger partial charge < -0.3 is 0 Å². The molecule has 0 amide bonds. The van der Waals surface area contributed by atoms with Crippen molar-refractivity contribution < 1.29 is 17.7 Å². The van der Waals surface area contributed by atoms with Crippen LogP contribution >= 0.6 is 11.8 Å². The first kappa shape index (κ1) is 21.7. The molecule has 1 aliphatic rings. The summed E-state index contributed by atoms with van der Waals surface area (Å²) in [6, 6.07) is 9.52. The Morgan fingerprint density at radius 3 is 2.66 bits per heavy atom. The Hall–Kier alpha value is -2.01. The number of halogens is 1. The van der Waals surface area contributed by atoms with Gasteiger partial charge in [-0.15, -0.1) is 0 Å². The van der Waals surface area contributed by atoms with Gasteiger partial charge >= 0.3 is 0 Å². The number of sulfonamides is 1. The molecule has 2 aromatic carbocycles. The van der Waals surface area contributed by atoms with E-state index in [-0.39, 0.29) is 28.1 Å². The molecule has 3 rings (SSSR count). The fourth-order valence-electron chi connectivity index (χ4n) is 3.35. The van der Waals surface area contributed by atoms with Crippen LogP contribution in [0.2, 0.25) is 0 Å². The van der Waals surface area contributed by atoms with Crippen LogP contribution in [0, 0.1) is 15.9 Å². The monoisotopic (exact) mass is 439 g/mol. The molecule has 1 atom stereocenters. The van der Waals surface area contributed by atoms with Crippen molar-refractivity contribution in [3.05, 3.63) is 58.4 Å². The third-order valence-electron chi connectivity index (χ3n) is 4.89. The second kappa shape index (κ2) is 9.21. The van der Waals surface area contributed by atoms with E-state index < -0.39 is 20.8 Å². The lowest BCUT2D eigenvalue weighted by Gasteiger charge is -2.22. The molecule has 1 N–H and O–H groups in total. The van der Waals surface area contributed by atoms with E-state index in [0.717, 1.165) is 43.8 Å². The SMILES string of the molecule is CCN1CCCC1CNS(=O)(=O)c1ccc(Sc2ccc(F)cc2)c([N+](=O)[O-])c1. The van der Waals surface area contributed by atoms with Crippen LogP contribution in [0.1, 0.15) is 19.8 Å². The molecular formula is C19H22FN3O4S2. The summed E-state index contributed by atoms with van der Waals surface area (Å²) >= 11 is 1.08. The van der Waals surface area contributed by atoms with E-state index in [0.29, 0.717) is 4.90 Å². The summed E-state index contributed by atoms with van der Waals surface area (Å²) in [5.74, 6) is -0.403. The third kappa shape index (κ3) is 5.33. The van der Waals surface area contributed by atoms with Crippen molar-refractivity contribution >= 4 is 27.5 Å². The molecule has 29 heavy (non-hydrogen) atoms. The molecule has 10 heteroatoms. The maximum atomic E-state index is 13.1. The van der Waals surface area contributed by atoms with Crippen LogP contribution in [0.5, 0.6) is 0 Å². The number of nitrogens with zero attached hydrogens (tertiary/aromatic N) is 2. The summed E-state index contributed by atoms with van der Waals surface area (Å²) in [6.07, 6.45) is 1.95. The van der Waals surface area contributed by atoms with Crippen molar-refractivity contribution in [1.29, 1.82) is 0 Å². The minimum atomic E-state index is -3.87. The average molecular weight is 440 g/mol. The first-order valence-corrected chi connectivity index (χ1v) is 11.6. The lowest BCUT2D eigenvalue weighted by molar-refractivity contribution is -0.388. The number of benzene rings is 2. The Morgan fingerprint density at radius 1 is 1.28 bits per heavy atom. The van der Waals surface area contributed by atoms with Crippen molar-refractivity contribution in [2.75, 3.05) is 19.6 Å². The van der Waals surface area contributed by atoms with E-state index in [1.54, 1.807) is 0 Å². The van der Waals surface area contributed by atoms with Crippen molar-refractivity contribution in [2.45, 2.75) is 40.5 Å². The number of likely N-dealkylation sites (N-methyl/N-ethyl adjacent to an activating group) is 1. The zero-order valence-electron chi connectivity index (χ0n) is 15.9. The maximum Gasteiger partial charge on any atom is 0.284 e. The second-order valence-corrected chi connectivity index (χ2v) is 9.60. The van der Waals surface area contributed by atoms with Crippen molar-refractivity contribution in [3.63, 3.8) is 0 Å². The number of hydrogen-bond acceptors (Lipinski definition) is 6. The van der Waals surface area contributed by atoms with E-state index in [1.807, 2.05) is 6.92 Å². The lowest BCUT2D eigenvalue weighted by atomic mass is 10.2. The summed E-state index contributed by atoms with van der Waals surface area (Å²) in [5, 5.41) is 11.5. The Balaban J connectivity index is 1.79. The third-order valence-corrected chi connectivity index (χ3v) is 7.39. The first-order chi connectivity index (χ1) is 13.8. The largest absolute Gasteiger partial charge is 0.299 e. The molecule has 0 aromatic heterocycles. The van der Waals surface area contributed by atoms with Crippen LogP contribution in [0.4, 0.5) is 10.1 Å². The van der Waals surface area contributed by atoms with Gasteiger partial charge in [0.15, 0.2) is 0 Å². The normalized spacial score (nSPS) is 17.5. The second-order valence-electron chi connectivity index (χ2n) is 6.72. The zero-order chi connectivity index (χ0) is 21.0. The minimum Gasteiger partial charge on any atom is -0.299 e. The van der Waals surface area contributed by atoms with Crippen molar-refractivity contribution in [3.8, 4) is 0 Å². The van der Waals surface area contributed by atoms with E-state index in [4.69, 9.17) is 0 Å². The van der Waals surface area contributed by atoms with Gasteiger partial charge in [-0.2, -0.15) is 0 Å². The smallest absolute Gasteiger partial charge is 0.284 e. The summed E-state index contributed by atoms with van der Waals surface area (Å²) in [5.41, 5.74) is -0.307. The number of nitro groups is 1. The number of hydrogen-bond donors (Lipinski definition) is 1. The Kier molecular flexibility index (Phi) is 6.89. The van der Waals surface area contributed by atoms with Crippen molar-refractivity contribution in [2.24, 2.45) is 0 Å².